The Morgan fingerprint density at radius 1 is 1.73 bits per heavy atom. The number of carboxylic acid groups (broad SMARTS) is 1. The second-order valence-corrected chi connectivity index (χ2v) is 2.83. The van der Waals surface area contributed by atoms with Crippen LogP contribution in [0.25, 0.3) is 0 Å². The Morgan fingerprint density at radius 3 is 3.00 bits per heavy atom. The van der Waals surface area contributed by atoms with E-state index in [1.54, 1.807) is 0 Å². The number of aliphatic hydroxyl groups is 1. The van der Waals surface area contributed by atoms with Gasteiger partial charge < -0.3 is 14.9 Å². The highest BCUT2D eigenvalue weighted by Gasteiger charge is 2.47. The second-order valence-electron chi connectivity index (χ2n) is 2.83. The molecule has 1 fully saturated rings. The molecule has 0 spiro atoms. The molecule has 2 rings (SSSR count). The fourth-order valence-corrected chi connectivity index (χ4v) is 1.37. The predicted octanol–water partition coefficient (Wildman–Crippen LogP) is -0.471. The van der Waals surface area contributed by atoms with Crippen LogP contribution in [0.1, 0.15) is 6.42 Å². The fraction of sp³-hybridized carbons (Fsp3) is 0.571. The summed E-state index contributed by atoms with van der Waals surface area (Å²) in [5.74, 6) is -0.960. The van der Waals surface area contributed by atoms with Gasteiger partial charge in [-0.2, -0.15) is 0 Å². The molecule has 1 aliphatic carbocycles. The van der Waals surface area contributed by atoms with Crippen molar-refractivity contribution in [3.63, 3.8) is 0 Å². The summed E-state index contributed by atoms with van der Waals surface area (Å²) in [6, 6.07) is 0. The van der Waals surface area contributed by atoms with Gasteiger partial charge >= 0.3 is 5.97 Å². The number of hydrogen-bond donors (Lipinski definition) is 2. The number of epoxide rings is 1. The summed E-state index contributed by atoms with van der Waals surface area (Å²) in [6.07, 6.45) is 0.868. The third-order valence-electron chi connectivity index (χ3n) is 2.03. The van der Waals surface area contributed by atoms with Crippen LogP contribution in [0.15, 0.2) is 11.6 Å². The minimum atomic E-state index is -0.960. The standard InChI is InChI=1S/C7H8O4/c8-4-1-3(7(9)10)2-5-6(4)11-5/h1,4-6,8H,2H2,(H,9,10)/t4-,5+,6-/m0/s1. The quantitative estimate of drug-likeness (QED) is 0.503. The van der Waals surface area contributed by atoms with Gasteiger partial charge in [0.1, 0.15) is 12.2 Å². The zero-order valence-electron chi connectivity index (χ0n) is 5.73. The summed E-state index contributed by atoms with van der Waals surface area (Å²) < 4.78 is 5.01. The van der Waals surface area contributed by atoms with E-state index in [1.807, 2.05) is 0 Å². The maximum Gasteiger partial charge on any atom is 0.331 e. The second kappa shape index (κ2) is 2.06. The van der Waals surface area contributed by atoms with Crippen LogP contribution in [0, 0.1) is 0 Å². The predicted molar refractivity (Wildman–Crippen MR) is 35.0 cm³/mol. The zero-order valence-corrected chi connectivity index (χ0v) is 5.73. The molecule has 0 unspecified atom stereocenters. The summed E-state index contributed by atoms with van der Waals surface area (Å²) in [6.45, 7) is 0. The van der Waals surface area contributed by atoms with Gasteiger partial charge in [-0.3, -0.25) is 0 Å². The van der Waals surface area contributed by atoms with Gasteiger partial charge in [-0.1, -0.05) is 0 Å². The molecule has 4 heteroatoms. The number of rotatable bonds is 1. The number of ether oxygens (including phenoxy) is 1. The molecule has 0 bridgehead atoms. The first kappa shape index (κ1) is 6.82. The lowest BCUT2D eigenvalue weighted by atomic mass is 9.98. The van der Waals surface area contributed by atoms with E-state index >= 15 is 0 Å². The Bertz CT molecular complexity index is 233. The summed E-state index contributed by atoms with van der Waals surface area (Å²) in [7, 11) is 0. The maximum absolute atomic E-state index is 10.4. The van der Waals surface area contributed by atoms with Crippen molar-refractivity contribution in [3.8, 4) is 0 Å². The molecule has 2 N–H and O–H groups in total. The highest BCUT2D eigenvalue weighted by molar-refractivity contribution is 5.87. The molecule has 0 aromatic rings. The van der Waals surface area contributed by atoms with Gasteiger partial charge in [0.25, 0.3) is 0 Å². The van der Waals surface area contributed by atoms with Gasteiger partial charge in [0, 0.05) is 12.0 Å². The monoisotopic (exact) mass is 156 g/mol. The highest BCUT2D eigenvalue weighted by atomic mass is 16.6. The van der Waals surface area contributed by atoms with Gasteiger partial charge in [-0.25, -0.2) is 4.79 Å². The first-order valence-electron chi connectivity index (χ1n) is 3.46. The summed E-state index contributed by atoms with van der Waals surface area (Å²) in [4.78, 5) is 10.4. The van der Waals surface area contributed by atoms with E-state index in [4.69, 9.17) is 9.84 Å². The van der Waals surface area contributed by atoms with E-state index in [1.165, 1.54) is 6.08 Å². The molecule has 0 aromatic heterocycles. The molecular formula is C7H8O4. The molecule has 0 aromatic carbocycles. The number of fused-ring (bicyclic) bond motifs is 1. The summed E-state index contributed by atoms with van der Waals surface area (Å²) in [5, 5.41) is 17.7. The SMILES string of the molecule is O=C(O)C1=C[C@H](O)[C@@H]2O[C@@H]2C1. The first-order chi connectivity index (χ1) is 5.18. The average molecular weight is 156 g/mol. The lowest BCUT2D eigenvalue weighted by Crippen LogP contribution is -2.22. The molecule has 1 saturated heterocycles. The molecular weight excluding hydrogens is 148 g/mol. The van der Waals surface area contributed by atoms with Crippen molar-refractivity contribution in [1.82, 2.24) is 0 Å². The normalized spacial score (nSPS) is 40.8. The Hall–Kier alpha value is -0.870. The van der Waals surface area contributed by atoms with Crippen LogP contribution in [0.3, 0.4) is 0 Å². The molecule has 0 amide bonds. The zero-order chi connectivity index (χ0) is 8.01. The molecule has 1 aliphatic heterocycles. The van der Waals surface area contributed by atoms with E-state index in [-0.39, 0.29) is 17.8 Å². The van der Waals surface area contributed by atoms with Gasteiger partial charge in [-0.05, 0) is 6.08 Å². The summed E-state index contributed by atoms with van der Waals surface area (Å²) >= 11 is 0. The number of carbonyl (C=O) groups is 1. The van der Waals surface area contributed by atoms with Crippen molar-refractivity contribution in [2.75, 3.05) is 0 Å². The Labute approximate surface area is 63.1 Å². The molecule has 0 radical (unpaired) electrons. The van der Waals surface area contributed by atoms with Crippen molar-refractivity contribution in [3.05, 3.63) is 11.6 Å². The van der Waals surface area contributed by atoms with E-state index in [0.29, 0.717) is 6.42 Å². The molecule has 0 saturated carbocycles. The van der Waals surface area contributed by atoms with Crippen LogP contribution >= 0.6 is 0 Å². The molecule has 11 heavy (non-hydrogen) atoms. The number of carboxylic acids is 1. The van der Waals surface area contributed by atoms with Gasteiger partial charge in [0.05, 0.1) is 6.10 Å². The number of aliphatic carboxylic acids is 1. The minimum absolute atomic E-state index is 0.0545. The largest absolute Gasteiger partial charge is 0.478 e. The van der Waals surface area contributed by atoms with Crippen molar-refractivity contribution in [1.29, 1.82) is 0 Å². The molecule has 1 heterocycles. The van der Waals surface area contributed by atoms with Crippen LogP contribution in [-0.2, 0) is 9.53 Å². The fourth-order valence-electron chi connectivity index (χ4n) is 1.37. The Morgan fingerprint density at radius 2 is 2.45 bits per heavy atom. The van der Waals surface area contributed by atoms with Crippen LogP contribution in [0.5, 0.6) is 0 Å². The van der Waals surface area contributed by atoms with Crippen molar-refractivity contribution >= 4 is 5.97 Å². The van der Waals surface area contributed by atoms with Gasteiger partial charge in [-0.15, -0.1) is 0 Å². The number of aliphatic hydroxyl groups excluding tert-OH is 1. The third kappa shape index (κ3) is 1.04. The lowest BCUT2D eigenvalue weighted by molar-refractivity contribution is -0.133. The van der Waals surface area contributed by atoms with Crippen LogP contribution in [-0.4, -0.2) is 34.5 Å². The van der Waals surface area contributed by atoms with Crippen LogP contribution in [0.2, 0.25) is 0 Å². The van der Waals surface area contributed by atoms with E-state index < -0.39 is 12.1 Å². The average Bonchev–Trinajstić information content (AvgIpc) is 2.66. The van der Waals surface area contributed by atoms with E-state index in [2.05, 4.69) is 0 Å². The smallest absolute Gasteiger partial charge is 0.331 e. The van der Waals surface area contributed by atoms with Crippen molar-refractivity contribution in [2.24, 2.45) is 0 Å². The number of hydrogen-bond acceptors (Lipinski definition) is 3. The highest BCUT2D eigenvalue weighted by Crippen LogP contribution is 2.36. The van der Waals surface area contributed by atoms with Gasteiger partial charge in [0.2, 0.25) is 0 Å². The first-order valence-corrected chi connectivity index (χ1v) is 3.46. The molecule has 60 valence electrons. The lowest BCUT2D eigenvalue weighted by Gasteiger charge is -2.08. The van der Waals surface area contributed by atoms with Crippen molar-refractivity contribution < 1.29 is 19.7 Å². The topological polar surface area (TPSA) is 70.1 Å². The van der Waals surface area contributed by atoms with E-state index in [0.717, 1.165) is 0 Å². The molecule has 3 atom stereocenters. The van der Waals surface area contributed by atoms with Crippen LogP contribution < -0.4 is 0 Å². The van der Waals surface area contributed by atoms with Crippen LogP contribution in [0.4, 0.5) is 0 Å². The van der Waals surface area contributed by atoms with Gasteiger partial charge in [0.15, 0.2) is 0 Å². The maximum atomic E-state index is 10.4. The minimum Gasteiger partial charge on any atom is -0.478 e. The third-order valence-corrected chi connectivity index (χ3v) is 2.03. The summed E-state index contributed by atoms with van der Waals surface area (Å²) in [5.41, 5.74) is 0.260. The molecule has 2 aliphatic rings. The Kier molecular flexibility index (Phi) is 1.27. The molecule has 4 nitrogen and oxygen atoms in total. The Balaban J connectivity index is 2.17. The van der Waals surface area contributed by atoms with E-state index in [9.17, 15) is 9.90 Å². The van der Waals surface area contributed by atoms with Crippen molar-refractivity contribution in [2.45, 2.75) is 24.7 Å².